The Balaban J connectivity index is 2.50. The largest absolute Gasteiger partial charge is 0.496 e. The van der Waals surface area contributed by atoms with E-state index >= 15 is 0 Å². The van der Waals surface area contributed by atoms with Gasteiger partial charge in [-0.15, -0.1) is 0 Å². The van der Waals surface area contributed by atoms with E-state index in [4.69, 9.17) is 24.1 Å². The van der Waals surface area contributed by atoms with Gasteiger partial charge in [0.1, 0.15) is 5.75 Å². The third-order valence-electron chi connectivity index (χ3n) is 3.99. The van der Waals surface area contributed by atoms with Crippen molar-refractivity contribution in [3.05, 3.63) is 59.7 Å². The number of hydrogen-bond donors (Lipinski definition) is 1. The molecule has 0 heterocycles. The molecule has 1 N–H and O–H groups in total. The van der Waals surface area contributed by atoms with E-state index in [1.165, 1.54) is 0 Å². The minimum absolute atomic E-state index is 0.0405. The predicted octanol–water partition coefficient (Wildman–Crippen LogP) is 3.79. The van der Waals surface area contributed by atoms with Crippen LogP contribution in [-0.4, -0.2) is 40.2 Å². The molecule has 2 rings (SSSR count). The van der Waals surface area contributed by atoms with E-state index in [2.05, 4.69) is 6.58 Å². The third kappa shape index (κ3) is 4.00. The summed E-state index contributed by atoms with van der Waals surface area (Å²) in [4.78, 5) is 0. The van der Waals surface area contributed by atoms with Gasteiger partial charge in [-0.3, -0.25) is 0 Å². The lowest BCUT2D eigenvalue weighted by Crippen LogP contribution is -1.97. The Bertz CT molecular complexity index is 783. The first-order valence-electron chi connectivity index (χ1n) is 8.04. The van der Waals surface area contributed by atoms with Gasteiger partial charge in [0.25, 0.3) is 0 Å². The predicted molar refractivity (Wildman–Crippen MR) is 103 cm³/mol. The van der Waals surface area contributed by atoms with Crippen LogP contribution in [0.15, 0.2) is 43.0 Å². The molecule has 26 heavy (non-hydrogen) atoms. The van der Waals surface area contributed by atoms with Gasteiger partial charge >= 0.3 is 0 Å². The first-order valence-corrected chi connectivity index (χ1v) is 8.04. The lowest BCUT2D eigenvalue weighted by atomic mass is 9.96. The van der Waals surface area contributed by atoms with Gasteiger partial charge in [-0.2, -0.15) is 0 Å². The second-order valence-electron chi connectivity index (χ2n) is 5.43. The van der Waals surface area contributed by atoms with E-state index in [9.17, 15) is 0 Å². The van der Waals surface area contributed by atoms with Crippen molar-refractivity contribution in [2.75, 3.05) is 35.0 Å². The summed E-state index contributed by atoms with van der Waals surface area (Å²) in [5.74, 6) is 2.39. The molecule has 2 aromatic rings. The number of ether oxygens (including phenoxy) is 4. The second kappa shape index (κ2) is 8.97. The maximum absolute atomic E-state index is 9.03. The molecule has 0 unspecified atom stereocenters. The fourth-order valence-electron chi connectivity index (χ4n) is 2.65. The maximum atomic E-state index is 9.03. The minimum Gasteiger partial charge on any atom is -0.496 e. The molecule has 0 atom stereocenters. The van der Waals surface area contributed by atoms with E-state index in [0.717, 1.165) is 28.0 Å². The van der Waals surface area contributed by atoms with Gasteiger partial charge in [0.2, 0.25) is 5.75 Å². The van der Waals surface area contributed by atoms with Crippen LogP contribution in [0.3, 0.4) is 0 Å². The van der Waals surface area contributed by atoms with Crippen molar-refractivity contribution in [2.24, 2.45) is 0 Å². The molecule has 0 aliphatic rings. The Morgan fingerprint density at radius 1 is 0.885 bits per heavy atom. The normalized spacial score (nSPS) is 10.7. The molecular formula is C21H24O5. The van der Waals surface area contributed by atoms with Crippen LogP contribution in [0.1, 0.15) is 16.7 Å². The van der Waals surface area contributed by atoms with Crippen LogP contribution in [-0.2, 0) is 0 Å². The number of benzene rings is 2. The summed E-state index contributed by atoms with van der Waals surface area (Å²) in [5, 5.41) is 9.03. The first-order chi connectivity index (χ1) is 12.6. The highest BCUT2D eigenvalue weighted by atomic mass is 16.5. The Morgan fingerprint density at radius 3 is 2.00 bits per heavy atom. The van der Waals surface area contributed by atoms with Crippen LogP contribution >= 0.6 is 0 Å². The standard InChI is InChI=1S/C21H24O5/c1-14(15-8-9-18(23-2)16(11-15)7-6-10-22)17-12-19(24-3)21(26-5)20(13-17)25-4/h6-9,11-13,22H,1,10H2,2-5H3/b7-6+. The van der Waals surface area contributed by atoms with Gasteiger partial charge < -0.3 is 24.1 Å². The molecule has 0 saturated carbocycles. The average Bonchev–Trinajstić information content (AvgIpc) is 2.70. The summed E-state index contributed by atoms with van der Waals surface area (Å²) < 4.78 is 21.6. The molecule has 0 fully saturated rings. The van der Waals surface area contributed by atoms with Crippen molar-refractivity contribution < 1.29 is 24.1 Å². The molecule has 0 bridgehead atoms. The van der Waals surface area contributed by atoms with Crippen LogP contribution in [0.25, 0.3) is 11.6 Å². The van der Waals surface area contributed by atoms with Crippen molar-refractivity contribution in [3.8, 4) is 23.0 Å². The molecule has 0 aliphatic carbocycles. The van der Waals surface area contributed by atoms with E-state index < -0.39 is 0 Å². The quantitative estimate of drug-likeness (QED) is 0.780. The SMILES string of the molecule is C=C(c1ccc(OC)c(/C=C/CO)c1)c1cc(OC)c(OC)c(OC)c1. The Morgan fingerprint density at radius 2 is 1.50 bits per heavy atom. The first kappa shape index (κ1) is 19.4. The van der Waals surface area contributed by atoms with Crippen molar-refractivity contribution >= 4 is 11.6 Å². The number of hydrogen-bond acceptors (Lipinski definition) is 5. The van der Waals surface area contributed by atoms with Crippen molar-refractivity contribution in [2.45, 2.75) is 0 Å². The van der Waals surface area contributed by atoms with Crippen LogP contribution in [0.4, 0.5) is 0 Å². The van der Waals surface area contributed by atoms with Crippen molar-refractivity contribution in [1.29, 1.82) is 0 Å². The molecule has 0 spiro atoms. The topological polar surface area (TPSA) is 57.2 Å². The second-order valence-corrected chi connectivity index (χ2v) is 5.43. The van der Waals surface area contributed by atoms with Gasteiger partial charge in [-0.25, -0.2) is 0 Å². The van der Waals surface area contributed by atoms with Crippen molar-refractivity contribution in [3.63, 3.8) is 0 Å². The third-order valence-corrected chi connectivity index (χ3v) is 3.99. The van der Waals surface area contributed by atoms with Gasteiger partial charge in [0, 0.05) is 5.56 Å². The highest BCUT2D eigenvalue weighted by Gasteiger charge is 2.15. The molecular weight excluding hydrogens is 332 g/mol. The zero-order chi connectivity index (χ0) is 19.1. The average molecular weight is 356 g/mol. The molecule has 5 heteroatoms. The minimum atomic E-state index is -0.0405. The summed E-state index contributed by atoms with van der Waals surface area (Å²) in [5.41, 5.74) is 3.41. The van der Waals surface area contributed by atoms with E-state index in [1.54, 1.807) is 34.5 Å². The smallest absolute Gasteiger partial charge is 0.203 e. The fraction of sp³-hybridized carbons (Fsp3) is 0.238. The molecule has 5 nitrogen and oxygen atoms in total. The Labute approximate surface area is 154 Å². The Kier molecular flexibility index (Phi) is 6.69. The monoisotopic (exact) mass is 356 g/mol. The number of methoxy groups -OCH3 is 4. The van der Waals surface area contributed by atoms with Gasteiger partial charge in [0.05, 0.1) is 35.0 Å². The lowest BCUT2D eigenvalue weighted by Gasteiger charge is -2.16. The fourth-order valence-corrected chi connectivity index (χ4v) is 2.65. The summed E-state index contributed by atoms with van der Waals surface area (Å²) >= 11 is 0. The number of aliphatic hydroxyl groups excluding tert-OH is 1. The number of aliphatic hydroxyl groups is 1. The van der Waals surface area contributed by atoms with E-state index in [1.807, 2.05) is 36.4 Å². The lowest BCUT2D eigenvalue weighted by molar-refractivity contribution is 0.324. The highest BCUT2D eigenvalue weighted by molar-refractivity contribution is 5.82. The van der Waals surface area contributed by atoms with Gasteiger partial charge in [0.15, 0.2) is 11.5 Å². The molecule has 138 valence electrons. The molecule has 0 aromatic heterocycles. The van der Waals surface area contributed by atoms with Crippen molar-refractivity contribution in [1.82, 2.24) is 0 Å². The molecule has 0 amide bonds. The summed E-state index contributed by atoms with van der Waals surface area (Å²) in [6.07, 6.45) is 3.47. The zero-order valence-electron chi connectivity index (χ0n) is 15.5. The van der Waals surface area contributed by atoms with Crippen LogP contribution in [0.2, 0.25) is 0 Å². The molecule has 0 aliphatic heterocycles. The van der Waals surface area contributed by atoms with Gasteiger partial charge in [-0.1, -0.05) is 24.8 Å². The summed E-state index contributed by atoms with van der Waals surface area (Å²) in [6, 6.07) is 9.47. The summed E-state index contributed by atoms with van der Waals surface area (Å²) in [6.45, 7) is 4.17. The molecule has 0 radical (unpaired) electrons. The zero-order valence-corrected chi connectivity index (χ0v) is 15.5. The molecule has 2 aromatic carbocycles. The van der Waals surface area contributed by atoms with Crippen LogP contribution in [0, 0.1) is 0 Å². The summed E-state index contributed by atoms with van der Waals surface area (Å²) in [7, 11) is 6.33. The van der Waals surface area contributed by atoms with Crippen LogP contribution < -0.4 is 18.9 Å². The highest BCUT2D eigenvalue weighted by Crippen LogP contribution is 2.41. The molecule has 0 saturated heterocycles. The maximum Gasteiger partial charge on any atom is 0.203 e. The van der Waals surface area contributed by atoms with E-state index in [-0.39, 0.29) is 6.61 Å². The van der Waals surface area contributed by atoms with E-state index in [0.29, 0.717) is 17.2 Å². The van der Waals surface area contributed by atoms with Crippen LogP contribution in [0.5, 0.6) is 23.0 Å². The Hall–Kier alpha value is -2.92. The number of rotatable bonds is 8. The van der Waals surface area contributed by atoms with Gasteiger partial charge in [-0.05, 0) is 41.0 Å².